The average Bonchev–Trinajstić information content (AvgIpc) is 1.81. The number of hydrogen-bond donors (Lipinski definition) is 0. The molecule has 0 heterocycles. The third-order valence-corrected chi connectivity index (χ3v) is 3.91. The van der Waals surface area contributed by atoms with Gasteiger partial charge in [0.15, 0.2) is 9.84 Å². The van der Waals surface area contributed by atoms with Gasteiger partial charge in [-0.05, 0) is 18.3 Å². The van der Waals surface area contributed by atoms with Crippen molar-refractivity contribution < 1.29 is 8.42 Å². The van der Waals surface area contributed by atoms with Crippen LogP contribution >= 0.6 is 0 Å². The predicted octanol–water partition coefficient (Wildman–Crippen LogP) is 2.49. The van der Waals surface area contributed by atoms with E-state index in [1.54, 1.807) is 0 Å². The molecular weight excluding hydrogens is 184 g/mol. The second-order valence-electron chi connectivity index (χ2n) is 4.54. The second-order valence-corrected chi connectivity index (χ2v) is 6.77. The first kappa shape index (κ1) is 12.9. The zero-order chi connectivity index (χ0) is 10.5. The first-order valence-electron chi connectivity index (χ1n) is 5.04. The highest BCUT2D eigenvalue weighted by atomic mass is 32.2. The Hall–Kier alpha value is -0.0500. The van der Waals surface area contributed by atoms with Gasteiger partial charge in [-0.25, -0.2) is 8.42 Å². The molecule has 80 valence electrons. The van der Waals surface area contributed by atoms with E-state index in [1.165, 1.54) is 0 Å². The molecule has 0 aromatic heterocycles. The summed E-state index contributed by atoms with van der Waals surface area (Å²) in [6, 6.07) is 0. The van der Waals surface area contributed by atoms with Gasteiger partial charge in [-0.15, -0.1) is 0 Å². The predicted molar refractivity (Wildman–Crippen MR) is 57.6 cm³/mol. The Balaban J connectivity index is 3.77. The summed E-state index contributed by atoms with van der Waals surface area (Å²) >= 11 is 0. The van der Waals surface area contributed by atoms with E-state index in [0.717, 1.165) is 12.8 Å². The van der Waals surface area contributed by atoms with Crippen LogP contribution in [0.2, 0.25) is 0 Å². The van der Waals surface area contributed by atoms with E-state index >= 15 is 0 Å². The molecule has 13 heavy (non-hydrogen) atoms. The van der Waals surface area contributed by atoms with Gasteiger partial charge in [-0.1, -0.05) is 34.1 Å². The van der Waals surface area contributed by atoms with Crippen molar-refractivity contribution in [2.45, 2.75) is 40.5 Å². The van der Waals surface area contributed by atoms with E-state index < -0.39 is 9.84 Å². The maximum absolute atomic E-state index is 11.4. The molecule has 0 bridgehead atoms. The summed E-state index contributed by atoms with van der Waals surface area (Å²) in [5, 5.41) is 0. The van der Waals surface area contributed by atoms with E-state index in [2.05, 4.69) is 13.8 Å². The zero-order valence-electron chi connectivity index (χ0n) is 9.21. The lowest BCUT2D eigenvalue weighted by Crippen LogP contribution is -2.15. The molecule has 0 saturated heterocycles. The number of sulfone groups is 1. The SMILES string of the molecule is CC(C)CCCS(=O)(=O)CC(C)C. The molecular formula is C10H22O2S. The summed E-state index contributed by atoms with van der Waals surface area (Å²) in [5.74, 6) is 1.56. The molecule has 0 unspecified atom stereocenters. The van der Waals surface area contributed by atoms with Crippen molar-refractivity contribution in [3.63, 3.8) is 0 Å². The molecule has 0 saturated carbocycles. The van der Waals surface area contributed by atoms with Gasteiger partial charge >= 0.3 is 0 Å². The molecule has 0 rings (SSSR count). The van der Waals surface area contributed by atoms with Crippen LogP contribution in [0.5, 0.6) is 0 Å². The highest BCUT2D eigenvalue weighted by Gasteiger charge is 2.12. The van der Waals surface area contributed by atoms with Crippen molar-refractivity contribution in [2.24, 2.45) is 11.8 Å². The van der Waals surface area contributed by atoms with Crippen LogP contribution in [0.15, 0.2) is 0 Å². The molecule has 2 nitrogen and oxygen atoms in total. The normalized spacial score (nSPS) is 12.8. The maximum atomic E-state index is 11.4. The third kappa shape index (κ3) is 8.28. The van der Waals surface area contributed by atoms with E-state index in [9.17, 15) is 8.42 Å². The van der Waals surface area contributed by atoms with Crippen molar-refractivity contribution in [1.82, 2.24) is 0 Å². The quantitative estimate of drug-likeness (QED) is 0.669. The van der Waals surface area contributed by atoms with E-state index in [1.807, 2.05) is 13.8 Å². The molecule has 0 spiro atoms. The lowest BCUT2D eigenvalue weighted by molar-refractivity contribution is 0.554. The van der Waals surface area contributed by atoms with Gasteiger partial charge in [0.1, 0.15) is 0 Å². The molecule has 0 aliphatic heterocycles. The van der Waals surface area contributed by atoms with Gasteiger partial charge in [0, 0.05) is 0 Å². The standard InChI is InChI=1S/C10H22O2S/c1-9(2)6-5-7-13(11,12)8-10(3)4/h9-10H,5-8H2,1-4H3. The van der Waals surface area contributed by atoms with Gasteiger partial charge in [-0.2, -0.15) is 0 Å². The van der Waals surface area contributed by atoms with Crippen molar-refractivity contribution in [2.75, 3.05) is 11.5 Å². The molecule has 0 fully saturated rings. The largest absolute Gasteiger partial charge is 0.229 e. The van der Waals surface area contributed by atoms with Crippen LogP contribution < -0.4 is 0 Å². The number of hydrogen-bond acceptors (Lipinski definition) is 2. The molecule has 0 aliphatic carbocycles. The summed E-state index contributed by atoms with van der Waals surface area (Å²) in [5.41, 5.74) is 0. The van der Waals surface area contributed by atoms with Gasteiger partial charge in [0.25, 0.3) is 0 Å². The number of rotatable bonds is 6. The highest BCUT2D eigenvalue weighted by molar-refractivity contribution is 7.91. The van der Waals surface area contributed by atoms with Gasteiger partial charge in [0.2, 0.25) is 0 Å². The van der Waals surface area contributed by atoms with E-state index in [-0.39, 0.29) is 5.92 Å². The molecule has 0 atom stereocenters. The lowest BCUT2D eigenvalue weighted by atomic mass is 10.1. The van der Waals surface area contributed by atoms with Crippen molar-refractivity contribution in [3.8, 4) is 0 Å². The third-order valence-electron chi connectivity index (χ3n) is 1.82. The minimum atomic E-state index is -2.78. The zero-order valence-corrected chi connectivity index (χ0v) is 10.0. The fourth-order valence-corrected chi connectivity index (χ4v) is 3.09. The summed E-state index contributed by atoms with van der Waals surface area (Å²) in [7, 11) is -2.78. The second kappa shape index (κ2) is 5.63. The van der Waals surface area contributed by atoms with Crippen LogP contribution in [0.4, 0.5) is 0 Å². The minimum Gasteiger partial charge on any atom is -0.229 e. The lowest BCUT2D eigenvalue weighted by Gasteiger charge is -2.07. The molecule has 0 N–H and O–H groups in total. The molecule has 0 radical (unpaired) electrons. The smallest absolute Gasteiger partial charge is 0.150 e. The Morgan fingerprint density at radius 2 is 1.54 bits per heavy atom. The van der Waals surface area contributed by atoms with Crippen LogP contribution in [-0.4, -0.2) is 19.9 Å². The van der Waals surface area contributed by atoms with Gasteiger partial charge in [-0.3, -0.25) is 0 Å². The van der Waals surface area contributed by atoms with E-state index in [0.29, 0.717) is 17.4 Å². The Bertz CT molecular complexity index is 215. The molecule has 3 heteroatoms. The first-order valence-corrected chi connectivity index (χ1v) is 6.86. The van der Waals surface area contributed by atoms with Crippen LogP contribution in [-0.2, 0) is 9.84 Å². The molecule has 0 aromatic carbocycles. The Kier molecular flexibility index (Phi) is 5.61. The van der Waals surface area contributed by atoms with Crippen molar-refractivity contribution >= 4 is 9.84 Å². The van der Waals surface area contributed by atoms with Crippen LogP contribution in [0, 0.1) is 11.8 Å². The fourth-order valence-electron chi connectivity index (χ4n) is 1.30. The summed E-state index contributed by atoms with van der Waals surface area (Å²) in [6.45, 7) is 8.13. The van der Waals surface area contributed by atoms with Crippen LogP contribution in [0.3, 0.4) is 0 Å². The van der Waals surface area contributed by atoms with Gasteiger partial charge in [0.05, 0.1) is 11.5 Å². The Morgan fingerprint density at radius 3 is 1.92 bits per heavy atom. The van der Waals surface area contributed by atoms with Crippen molar-refractivity contribution in [1.29, 1.82) is 0 Å². The molecule has 0 amide bonds. The maximum Gasteiger partial charge on any atom is 0.150 e. The summed E-state index contributed by atoms with van der Waals surface area (Å²) in [4.78, 5) is 0. The topological polar surface area (TPSA) is 34.1 Å². The van der Waals surface area contributed by atoms with E-state index in [4.69, 9.17) is 0 Å². The summed E-state index contributed by atoms with van der Waals surface area (Å²) in [6.07, 6.45) is 1.82. The first-order chi connectivity index (χ1) is 5.83. The molecule has 0 aromatic rings. The van der Waals surface area contributed by atoms with Crippen molar-refractivity contribution in [3.05, 3.63) is 0 Å². The fraction of sp³-hybridized carbons (Fsp3) is 1.00. The Labute approximate surface area is 82.6 Å². The highest BCUT2D eigenvalue weighted by Crippen LogP contribution is 2.08. The average molecular weight is 206 g/mol. The monoisotopic (exact) mass is 206 g/mol. The molecule has 0 aliphatic rings. The van der Waals surface area contributed by atoms with Gasteiger partial charge < -0.3 is 0 Å². The summed E-state index contributed by atoms with van der Waals surface area (Å²) < 4.78 is 22.8. The van der Waals surface area contributed by atoms with Crippen LogP contribution in [0.1, 0.15) is 40.5 Å². The minimum absolute atomic E-state index is 0.254. The van der Waals surface area contributed by atoms with Crippen LogP contribution in [0.25, 0.3) is 0 Å². The Morgan fingerprint density at radius 1 is 1.00 bits per heavy atom.